The molecule has 1 atom stereocenters. The predicted molar refractivity (Wildman–Crippen MR) is 105 cm³/mol. The maximum absolute atomic E-state index is 12.2. The summed E-state index contributed by atoms with van der Waals surface area (Å²) in [4.78, 5) is 16.2. The first kappa shape index (κ1) is 17.1. The van der Waals surface area contributed by atoms with Crippen molar-refractivity contribution in [3.05, 3.63) is 54.1 Å². The molecule has 2 aromatic carbocycles. The van der Waals surface area contributed by atoms with Crippen LogP contribution < -0.4 is 4.90 Å². The number of piperidine rings is 3. The van der Waals surface area contributed by atoms with Gasteiger partial charge in [-0.2, -0.15) is 0 Å². The van der Waals surface area contributed by atoms with Gasteiger partial charge < -0.3 is 10.0 Å². The molecule has 1 amide bonds. The van der Waals surface area contributed by atoms with Crippen molar-refractivity contribution in [1.29, 1.82) is 0 Å². The van der Waals surface area contributed by atoms with E-state index in [1.807, 2.05) is 24.3 Å². The van der Waals surface area contributed by atoms with Crippen LogP contribution >= 0.6 is 0 Å². The molecule has 4 heteroatoms. The molecule has 1 unspecified atom stereocenters. The summed E-state index contributed by atoms with van der Waals surface area (Å²) in [5.74, 6) is 0.475. The lowest BCUT2D eigenvalue weighted by atomic mass is 9.83. The maximum atomic E-state index is 12.2. The number of amides is 1. The number of rotatable bonds is 4. The molecule has 0 saturated carbocycles. The number of benzene rings is 2. The molecule has 3 saturated heterocycles. The summed E-state index contributed by atoms with van der Waals surface area (Å²) in [7, 11) is 0. The monoisotopic (exact) mass is 350 g/mol. The Hall–Kier alpha value is -2.33. The van der Waals surface area contributed by atoms with Crippen LogP contribution in [0, 0.1) is 5.92 Å². The minimum absolute atomic E-state index is 0.0617. The molecule has 3 heterocycles. The van der Waals surface area contributed by atoms with E-state index < -0.39 is 6.09 Å². The Labute approximate surface area is 155 Å². The topological polar surface area (TPSA) is 43.8 Å². The van der Waals surface area contributed by atoms with Crippen molar-refractivity contribution in [1.82, 2.24) is 4.90 Å². The second-order valence-electron chi connectivity index (χ2n) is 7.42. The van der Waals surface area contributed by atoms with E-state index in [1.54, 1.807) is 4.90 Å². The highest BCUT2D eigenvalue weighted by Crippen LogP contribution is 2.35. The molecule has 2 aromatic rings. The van der Waals surface area contributed by atoms with Crippen LogP contribution in [0.5, 0.6) is 0 Å². The third-order valence-electron chi connectivity index (χ3n) is 5.99. The fraction of sp³-hybridized carbons (Fsp3) is 0.409. The first-order valence-corrected chi connectivity index (χ1v) is 9.60. The second kappa shape index (κ2) is 7.12. The normalized spacial score (nSPS) is 24.4. The molecule has 0 radical (unpaired) electrons. The number of anilines is 1. The number of fused-ring (bicyclic) bond motifs is 3. The van der Waals surface area contributed by atoms with Crippen LogP contribution in [0.25, 0.3) is 11.1 Å². The standard InChI is InChI=1S/C22H26N2O2/c1-2-16-6-3-4-9-20(16)18-7-5-8-19(14-18)24(22(25)26)21-15-23-12-10-17(21)11-13-23/h3-9,14,17,21H,2,10-13,15H2,1H3,(H,25,26). The van der Waals surface area contributed by atoms with Gasteiger partial charge in [0.15, 0.2) is 0 Å². The lowest BCUT2D eigenvalue weighted by Gasteiger charge is -2.48. The molecule has 0 aliphatic carbocycles. The summed E-state index contributed by atoms with van der Waals surface area (Å²) < 4.78 is 0. The number of carbonyl (C=O) groups is 1. The summed E-state index contributed by atoms with van der Waals surface area (Å²) in [6.45, 7) is 5.23. The zero-order valence-electron chi connectivity index (χ0n) is 15.3. The smallest absolute Gasteiger partial charge is 0.412 e. The van der Waals surface area contributed by atoms with Crippen molar-refractivity contribution in [3.63, 3.8) is 0 Å². The molecule has 3 fully saturated rings. The lowest BCUT2D eigenvalue weighted by Crippen LogP contribution is -2.58. The Balaban J connectivity index is 1.71. The van der Waals surface area contributed by atoms with Gasteiger partial charge >= 0.3 is 6.09 Å². The zero-order chi connectivity index (χ0) is 18.1. The van der Waals surface area contributed by atoms with Crippen molar-refractivity contribution in [2.45, 2.75) is 32.2 Å². The van der Waals surface area contributed by atoms with E-state index in [-0.39, 0.29) is 6.04 Å². The molecule has 2 bridgehead atoms. The van der Waals surface area contributed by atoms with Gasteiger partial charge in [-0.3, -0.25) is 4.90 Å². The van der Waals surface area contributed by atoms with Crippen molar-refractivity contribution in [3.8, 4) is 11.1 Å². The molecular formula is C22H26N2O2. The van der Waals surface area contributed by atoms with Crippen LogP contribution in [0.15, 0.2) is 48.5 Å². The highest BCUT2D eigenvalue weighted by Gasteiger charge is 2.40. The SMILES string of the molecule is CCc1ccccc1-c1cccc(N(C(=O)O)C2CN3CCC2CC3)c1. The molecular weight excluding hydrogens is 324 g/mol. The highest BCUT2D eigenvalue weighted by atomic mass is 16.4. The zero-order valence-corrected chi connectivity index (χ0v) is 15.3. The number of nitrogens with zero attached hydrogens (tertiary/aromatic N) is 2. The first-order chi connectivity index (χ1) is 12.7. The molecule has 4 nitrogen and oxygen atoms in total. The van der Waals surface area contributed by atoms with Gasteiger partial charge in [-0.1, -0.05) is 43.3 Å². The van der Waals surface area contributed by atoms with E-state index in [2.05, 4.69) is 36.1 Å². The molecule has 26 heavy (non-hydrogen) atoms. The molecule has 0 aromatic heterocycles. The quantitative estimate of drug-likeness (QED) is 0.883. The van der Waals surface area contributed by atoms with Gasteiger partial charge in [0.25, 0.3) is 0 Å². The summed E-state index contributed by atoms with van der Waals surface area (Å²) in [5.41, 5.74) is 4.36. The van der Waals surface area contributed by atoms with Gasteiger partial charge in [-0.25, -0.2) is 4.79 Å². The summed E-state index contributed by atoms with van der Waals surface area (Å²) in [6.07, 6.45) is 2.33. The molecule has 0 spiro atoms. The van der Waals surface area contributed by atoms with Crippen molar-refractivity contribution >= 4 is 11.8 Å². The Morgan fingerprint density at radius 3 is 2.58 bits per heavy atom. The van der Waals surface area contributed by atoms with Gasteiger partial charge in [0.1, 0.15) is 0 Å². The number of hydrogen-bond donors (Lipinski definition) is 1. The molecule has 3 aliphatic heterocycles. The van der Waals surface area contributed by atoms with Crippen LogP contribution in [0.2, 0.25) is 0 Å². The third kappa shape index (κ3) is 3.10. The third-order valence-corrected chi connectivity index (χ3v) is 5.99. The molecule has 136 valence electrons. The van der Waals surface area contributed by atoms with E-state index in [0.717, 1.165) is 50.1 Å². The van der Waals surface area contributed by atoms with E-state index in [0.29, 0.717) is 5.92 Å². The number of aryl methyl sites for hydroxylation is 1. The highest BCUT2D eigenvalue weighted by molar-refractivity contribution is 5.88. The van der Waals surface area contributed by atoms with Gasteiger partial charge in [-0.15, -0.1) is 0 Å². The fourth-order valence-corrected chi connectivity index (χ4v) is 4.60. The predicted octanol–water partition coefficient (Wildman–Crippen LogP) is 4.49. The Bertz CT molecular complexity index is 796. The summed E-state index contributed by atoms with van der Waals surface area (Å²) in [5, 5.41) is 9.98. The van der Waals surface area contributed by atoms with Gasteiger partial charge in [0, 0.05) is 12.2 Å². The minimum atomic E-state index is -0.843. The van der Waals surface area contributed by atoms with E-state index in [1.165, 1.54) is 11.1 Å². The Morgan fingerprint density at radius 1 is 1.15 bits per heavy atom. The number of hydrogen-bond acceptors (Lipinski definition) is 2. The summed E-state index contributed by atoms with van der Waals surface area (Å²) in [6, 6.07) is 16.5. The van der Waals surface area contributed by atoms with Crippen LogP contribution in [0.1, 0.15) is 25.3 Å². The second-order valence-corrected chi connectivity index (χ2v) is 7.42. The average molecular weight is 350 g/mol. The summed E-state index contributed by atoms with van der Waals surface area (Å²) >= 11 is 0. The van der Waals surface area contributed by atoms with Crippen LogP contribution in [-0.2, 0) is 6.42 Å². The van der Waals surface area contributed by atoms with E-state index in [9.17, 15) is 9.90 Å². The fourth-order valence-electron chi connectivity index (χ4n) is 4.60. The Morgan fingerprint density at radius 2 is 1.92 bits per heavy atom. The lowest BCUT2D eigenvalue weighted by molar-refractivity contribution is 0.0837. The average Bonchev–Trinajstić information content (AvgIpc) is 2.69. The molecule has 3 aliphatic rings. The maximum Gasteiger partial charge on any atom is 0.412 e. The first-order valence-electron chi connectivity index (χ1n) is 9.60. The van der Waals surface area contributed by atoms with Crippen LogP contribution in [0.3, 0.4) is 0 Å². The Kier molecular flexibility index (Phi) is 4.68. The van der Waals surface area contributed by atoms with E-state index >= 15 is 0 Å². The largest absolute Gasteiger partial charge is 0.465 e. The van der Waals surface area contributed by atoms with Crippen molar-refractivity contribution in [2.24, 2.45) is 5.92 Å². The van der Waals surface area contributed by atoms with Gasteiger partial charge in [-0.05, 0) is 67.1 Å². The van der Waals surface area contributed by atoms with Gasteiger partial charge in [0.05, 0.1) is 6.04 Å². The molecule has 5 rings (SSSR count). The van der Waals surface area contributed by atoms with Crippen molar-refractivity contribution in [2.75, 3.05) is 24.5 Å². The van der Waals surface area contributed by atoms with Gasteiger partial charge in [0.2, 0.25) is 0 Å². The number of carboxylic acid groups (broad SMARTS) is 1. The van der Waals surface area contributed by atoms with E-state index in [4.69, 9.17) is 0 Å². The van der Waals surface area contributed by atoms with Crippen LogP contribution in [-0.4, -0.2) is 41.8 Å². The van der Waals surface area contributed by atoms with Crippen molar-refractivity contribution < 1.29 is 9.90 Å². The van der Waals surface area contributed by atoms with Crippen LogP contribution in [0.4, 0.5) is 10.5 Å². The molecule has 1 N–H and O–H groups in total. The minimum Gasteiger partial charge on any atom is -0.465 e.